The monoisotopic (exact) mass is 223 g/mol. The van der Waals surface area contributed by atoms with Gasteiger partial charge in [0.1, 0.15) is 0 Å². The highest BCUT2D eigenvalue weighted by molar-refractivity contribution is 7.86. The number of carbonyl (C=O) groups is 1. The maximum Gasteiger partial charge on any atom is 0.331 e. The van der Waals surface area contributed by atoms with Crippen molar-refractivity contribution in [3.8, 4) is 0 Å². The first-order valence-corrected chi connectivity index (χ1v) is 5.50. The van der Waals surface area contributed by atoms with Gasteiger partial charge in [-0.15, -0.1) is 0 Å². The molecule has 0 aromatic carbocycles. The van der Waals surface area contributed by atoms with Crippen molar-refractivity contribution in [1.29, 1.82) is 0 Å². The number of carbonyl (C=O) groups excluding carboxylic acids is 1. The van der Waals surface area contributed by atoms with Gasteiger partial charge in [-0.05, 0) is 6.42 Å². The molecular weight excluding hydrogens is 210 g/mol. The van der Waals surface area contributed by atoms with Gasteiger partial charge in [0.2, 0.25) is 5.94 Å². The second kappa shape index (κ2) is 6.52. The summed E-state index contributed by atoms with van der Waals surface area (Å²) in [4.78, 5) is 10.8. The van der Waals surface area contributed by atoms with Crippen molar-refractivity contribution in [2.24, 2.45) is 0 Å². The van der Waals surface area contributed by atoms with E-state index in [0.717, 1.165) is 6.08 Å². The fourth-order valence-corrected chi connectivity index (χ4v) is 1.11. The molecule has 0 unspecified atom stereocenters. The Morgan fingerprint density at radius 2 is 2.14 bits per heavy atom. The Morgan fingerprint density at radius 1 is 1.50 bits per heavy atom. The molecule has 0 bridgehead atoms. The van der Waals surface area contributed by atoms with Crippen LogP contribution in [0, 0.1) is 0 Å². The third kappa shape index (κ3) is 6.58. The molecular formula is C7H13NO5S. The molecule has 14 heavy (non-hydrogen) atoms. The Labute approximate surface area is 83.0 Å². The molecule has 0 heterocycles. The number of hydrogen-bond acceptors (Lipinski definition) is 6. The van der Waals surface area contributed by atoms with Crippen LogP contribution in [0.1, 0.15) is 13.3 Å². The first kappa shape index (κ1) is 13.1. The minimum absolute atomic E-state index is 0.675. The van der Waals surface area contributed by atoms with Gasteiger partial charge in [0, 0.05) is 13.1 Å². The standard InChI is InChI=1S/C7H13NO5S/c1-3-4-5-7(9)12-6-14(10,11)13-8-2/h4-5,8H,3,6H2,1-2H3. The third-order valence-electron chi connectivity index (χ3n) is 1.05. The number of rotatable bonds is 6. The molecule has 0 aliphatic carbocycles. The molecule has 82 valence electrons. The van der Waals surface area contributed by atoms with E-state index in [-0.39, 0.29) is 0 Å². The maximum atomic E-state index is 10.8. The summed E-state index contributed by atoms with van der Waals surface area (Å²) in [6.45, 7) is 1.84. The van der Waals surface area contributed by atoms with E-state index in [1.807, 2.05) is 12.4 Å². The van der Waals surface area contributed by atoms with Crippen molar-refractivity contribution in [3.05, 3.63) is 12.2 Å². The molecule has 7 heteroatoms. The molecule has 0 atom stereocenters. The lowest BCUT2D eigenvalue weighted by Crippen LogP contribution is -2.21. The molecule has 0 saturated carbocycles. The quantitative estimate of drug-likeness (QED) is 0.386. The van der Waals surface area contributed by atoms with Gasteiger partial charge in [0.15, 0.2) is 0 Å². The molecule has 0 saturated heterocycles. The predicted molar refractivity (Wildman–Crippen MR) is 49.5 cm³/mol. The van der Waals surface area contributed by atoms with Crippen LogP contribution in [0.4, 0.5) is 0 Å². The Balaban J connectivity index is 3.94. The lowest BCUT2D eigenvalue weighted by atomic mass is 10.4. The van der Waals surface area contributed by atoms with E-state index in [9.17, 15) is 13.2 Å². The fourth-order valence-electron chi connectivity index (χ4n) is 0.543. The van der Waals surface area contributed by atoms with E-state index in [1.165, 1.54) is 7.05 Å². The lowest BCUT2D eigenvalue weighted by Gasteiger charge is -2.02. The van der Waals surface area contributed by atoms with Crippen molar-refractivity contribution in [1.82, 2.24) is 5.48 Å². The van der Waals surface area contributed by atoms with Crippen molar-refractivity contribution < 1.29 is 22.2 Å². The Bertz CT molecular complexity index is 295. The summed E-state index contributed by atoms with van der Waals surface area (Å²) < 4.78 is 30.1. The van der Waals surface area contributed by atoms with Gasteiger partial charge in [0.25, 0.3) is 0 Å². The summed E-state index contributed by atoms with van der Waals surface area (Å²) in [5, 5.41) is 0. The summed E-state index contributed by atoms with van der Waals surface area (Å²) in [7, 11) is -2.55. The number of esters is 1. The molecule has 0 aliphatic rings. The molecule has 0 spiro atoms. The first-order valence-electron chi connectivity index (χ1n) is 3.93. The fraction of sp³-hybridized carbons (Fsp3) is 0.571. The summed E-state index contributed by atoms with van der Waals surface area (Å²) in [6, 6.07) is 0. The molecule has 0 radical (unpaired) electrons. The number of nitrogens with one attached hydrogen (secondary N) is 1. The van der Waals surface area contributed by atoms with Gasteiger partial charge in [-0.3, -0.25) is 0 Å². The van der Waals surface area contributed by atoms with Gasteiger partial charge < -0.3 is 4.74 Å². The van der Waals surface area contributed by atoms with E-state index >= 15 is 0 Å². The van der Waals surface area contributed by atoms with Gasteiger partial charge in [-0.2, -0.15) is 18.2 Å². The Hall–Kier alpha value is -0.920. The smallest absolute Gasteiger partial charge is 0.331 e. The maximum absolute atomic E-state index is 10.8. The number of hydroxylamine groups is 1. The second-order valence-electron chi connectivity index (χ2n) is 2.24. The zero-order chi connectivity index (χ0) is 11.0. The van der Waals surface area contributed by atoms with Crippen molar-refractivity contribution >= 4 is 16.1 Å². The topological polar surface area (TPSA) is 81.7 Å². The van der Waals surface area contributed by atoms with Crippen LogP contribution in [0.3, 0.4) is 0 Å². The van der Waals surface area contributed by atoms with E-state index in [1.54, 1.807) is 6.08 Å². The number of ether oxygens (including phenoxy) is 1. The highest BCUT2D eigenvalue weighted by atomic mass is 32.2. The van der Waals surface area contributed by atoms with Gasteiger partial charge >= 0.3 is 16.1 Å². The third-order valence-corrected chi connectivity index (χ3v) is 1.87. The molecule has 0 aromatic rings. The van der Waals surface area contributed by atoms with Gasteiger partial charge in [0.05, 0.1) is 0 Å². The van der Waals surface area contributed by atoms with Crippen LogP contribution >= 0.6 is 0 Å². The van der Waals surface area contributed by atoms with Crippen LogP contribution < -0.4 is 5.48 Å². The second-order valence-corrected chi connectivity index (χ2v) is 3.75. The normalized spacial score (nSPS) is 11.9. The van der Waals surface area contributed by atoms with Crippen molar-refractivity contribution in [2.75, 3.05) is 13.0 Å². The van der Waals surface area contributed by atoms with E-state index < -0.39 is 22.0 Å². The minimum Gasteiger partial charge on any atom is -0.443 e. The van der Waals surface area contributed by atoms with Gasteiger partial charge in [-0.25, -0.2) is 4.79 Å². The number of hydrogen-bond donors (Lipinski definition) is 1. The summed E-state index contributed by atoms with van der Waals surface area (Å²) in [6.07, 6.45) is 3.40. The highest BCUT2D eigenvalue weighted by Crippen LogP contribution is 1.93. The van der Waals surface area contributed by atoms with Crippen LogP contribution in [-0.4, -0.2) is 27.4 Å². The van der Waals surface area contributed by atoms with Crippen LogP contribution in [0.5, 0.6) is 0 Å². The molecule has 0 amide bonds. The largest absolute Gasteiger partial charge is 0.443 e. The average molecular weight is 223 g/mol. The summed E-state index contributed by atoms with van der Waals surface area (Å²) >= 11 is 0. The van der Waals surface area contributed by atoms with Crippen molar-refractivity contribution in [3.63, 3.8) is 0 Å². The van der Waals surface area contributed by atoms with Crippen molar-refractivity contribution in [2.45, 2.75) is 13.3 Å². The summed E-state index contributed by atoms with van der Waals surface area (Å²) in [5.41, 5.74) is 1.98. The first-order chi connectivity index (χ1) is 6.52. The SMILES string of the molecule is CCC=CC(=O)OCS(=O)(=O)ONC. The molecule has 0 rings (SSSR count). The van der Waals surface area contributed by atoms with Crippen LogP contribution in [0.2, 0.25) is 0 Å². The Kier molecular flexibility index (Phi) is 6.09. The zero-order valence-electron chi connectivity index (χ0n) is 8.02. The minimum atomic E-state index is -3.84. The molecule has 6 nitrogen and oxygen atoms in total. The van der Waals surface area contributed by atoms with Crippen LogP contribution in [0.25, 0.3) is 0 Å². The Morgan fingerprint density at radius 3 is 2.64 bits per heavy atom. The molecule has 1 N–H and O–H groups in total. The van der Waals surface area contributed by atoms with E-state index in [4.69, 9.17) is 0 Å². The zero-order valence-corrected chi connectivity index (χ0v) is 8.83. The number of allylic oxidation sites excluding steroid dienone is 1. The molecule has 0 aromatic heterocycles. The van der Waals surface area contributed by atoms with Crippen LogP contribution in [0.15, 0.2) is 12.2 Å². The summed E-state index contributed by atoms with van der Waals surface area (Å²) in [5.74, 6) is -1.52. The van der Waals surface area contributed by atoms with E-state index in [0.29, 0.717) is 6.42 Å². The van der Waals surface area contributed by atoms with Gasteiger partial charge in [-0.1, -0.05) is 13.0 Å². The van der Waals surface area contributed by atoms with E-state index in [2.05, 4.69) is 9.02 Å². The molecule has 0 fully saturated rings. The van der Waals surface area contributed by atoms with Crippen LogP contribution in [-0.2, 0) is 23.9 Å². The molecule has 0 aliphatic heterocycles. The predicted octanol–water partition coefficient (Wildman–Crippen LogP) is -0.0659. The lowest BCUT2D eigenvalue weighted by molar-refractivity contribution is -0.136. The average Bonchev–Trinajstić information content (AvgIpc) is 2.11. The highest BCUT2D eigenvalue weighted by Gasteiger charge is 2.12.